The second-order valence-corrected chi connectivity index (χ2v) is 2.63. The van der Waals surface area contributed by atoms with Gasteiger partial charge in [0.15, 0.2) is 0 Å². The standard InChI is InChI=1S/C8H14N2O2/c1-3-4-5-7(2)12-8(11)6-10-9/h6-7H,3-5H2,1-2H3. The van der Waals surface area contributed by atoms with E-state index >= 15 is 0 Å². The Kier molecular flexibility index (Phi) is 5.93. The number of hydrogen-bond donors (Lipinski definition) is 0. The van der Waals surface area contributed by atoms with Crippen LogP contribution in [0.25, 0.3) is 5.53 Å². The molecule has 0 aliphatic heterocycles. The van der Waals surface area contributed by atoms with E-state index in [1.807, 2.05) is 6.92 Å². The summed E-state index contributed by atoms with van der Waals surface area (Å²) < 4.78 is 4.84. The van der Waals surface area contributed by atoms with Crippen molar-refractivity contribution in [1.29, 1.82) is 0 Å². The lowest BCUT2D eigenvalue weighted by Crippen LogP contribution is -2.15. The Morgan fingerprint density at radius 2 is 2.42 bits per heavy atom. The summed E-state index contributed by atoms with van der Waals surface area (Å²) in [5.41, 5.74) is 7.99. The van der Waals surface area contributed by atoms with Gasteiger partial charge in [0.2, 0.25) is 0 Å². The Bertz CT molecular complexity index is 185. The molecule has 0 rings (SSSR count). The minimum atomic E-state index is -0.596. The molecule has 0 aliphatic rings. The van der Waals surface area contributed by atoms with E-state index in [-0.39, 0.29) is 6.10 Å². The predicted molar refractivity (Wildman–Crippen MR) is 44.8 cm³/mol. The van der Waals surface area contributed by atoms with Crippen LogP contribution in [0, 0.1) is 0 Å². The Hall–Kier alpha value is -1.15. The number of unbranched alkanes of at least 4 members (excludes halogenated alkanes) is 1. The molecule has 0 aromatic rings. The zero-order chi connectivity index (χ0) is 9.40. The van der Waals surface area contributed by atoms with Gasteiger partial charge in [0.05, 0.1) is 6.10 Å². The molecule has 0 bridgehead atoms. The van der Waals surface area contributed by atoms with Gasteiger partial charge >= 0.3 is 12.2 Å². The molecule has 0 spiro atoms. The minimum absolute atomic E-state index is 0.101. The molecule has 0 aromatic heterocycles. The summed E-state index contributed by atoms with van der Waals surface area (Å²) in [7, 11) is 0. The zero-order valence-electron chi connectivity index (χ0n) is 7.49. The van der Waals surface area contributed by atoms with Crippen LogP contribution in [0.5, 0.6) is 0 Å². The fourth-order valence-corrected chi connectivity index (χ4v) is 0.826. The molecule has 4 heteroatoms. The molecular formula is C8H14N2O2. The van der Waals surface area contributed by atoms with Gasteiger partial charge in [-0.25, -0.2) is 4.79 Å². The van der Waals surface area contributed by atoms with Gasteiger partial charge in [-0.2, -0.15) is 4.79 Å². The lowest BCUT2D eigenvalue weighted by atomic mass is 10.2. The summed E-state index contributed by atoms with van der Waals surface area (Å²) in [6.07, 6.45) is 3.61. The van der Waals surface area contributed by atoms with Gasteiger partial charge < -0.3 is 10.3 Å². The predicted octanol–water partition coefficient (Wildman–Crippen LogP) is 1.41. The first-order chi connectivity index (χ1) is 5.70. The molecule has 1 atom stereocenters. The molecule has 0 saturated carbocycles. The number of ether oxygens (including phenoxy) is 1. The van der Waals surface area contributed by atoms with Crippen molar-refractivity contribution in [1.82, 2.24) is 0 Å². The molecule has 4 nitrogen and oxygen atoms in total. The first-order valence-corrected chi connectivity index (χ1v) is 4.08. The van der Waals surface area contributed by atoms with Crippen LogP contribution in [0.15, 0.2) is 0 Å². The van der Waals surface area contributed by atoms with E-state index in [9.17, 15) is 4.79 Å². The van der Waals surface area contributed by atoms with Crippen LogP contribution in [0.1, 0.15) is 33.1 Å². The van der Waals surface area contributed by atoms with E-state index in [2.05, 4.69) is 11.7 Å². The summed E-state index contributed by atoms with van der Waals surface area (Å²) in [6, 6.07) is 0. The van der Waals surface area contributed by atoms with Crippen LogP contribution < -0.4 is 0 Å². The summed E-state index contributed by atoms with van der Waals surface area (Å²) in [4.78, 5) is 13.3. The van der Waals surface area contributed by atoms with Crippen LogP contribution in [0.2, 0.25) is 0 Å². The van der Waals surface area contributed by atoms with Crippen molar-refractivity contribution >= 4 is 12.2 Å². The molecule has 0 amide bonds. The van der Waals surface area contributed by atoms with E-state index in [4.69, 9.17) is 10.3 Å². The van der Waals surface area contributed by atoms with Gasteiger partial charge in [-0.05, 0) is 13.3 Å². The molecule has 0 fully saturated rings. The largest absolute Gasteiger partial charge is 0.454 e. The van der Waals surface area contributed by atoms with Crippen LogP contribution in [0.4, 0.5) is 0 Å². The topological polar surface area (TPSA) is 62.7 Å². The summed E-state index contributed by atoms with van der Waals surface area (Å²) in [5.74, 6) is -0.596. The molecule has 68 valence electrons. The van der Waals surface area contributed by atoms with Crippen LogP contribution >= 0.6 is 0 Å². The maximum absolute atomic E-state index is 10.7. The quantitative estimate of drug-likeness (QED) is 0.271. The van der Waals surface area contributed by atoms with Gasteiger partial charge in [0, 0.05) is 0 Å². The molecule has 0 heterocycles. The van der Waals surface area contributed by atoms with Crippen molar-refractivity contribution in [3.05, 3.63) is 5.53 Å². The van der Waals surface area contributed by atoms with Crippen molar-refractivity contribution in [2.75, 3.05) is 0 Å². The third kappa shape index (κ3) is 5.62. The van der Waals surface area contributed by atoms with Crippen molar-refractivity contribution in [3.63, 3.8) is 0 Å². The lowest BCUT2D eigenvalue weighted by molar-refractivity contribution is -0.143. The second kappa shape index (κ2) is 6.55. The highest BCUT2D eigenvalue weighted by molar-refractivity contribution is 6.20. The molecule has 12 heavy (non-hydrogen) atoms. The molecule has 0 aliphatic carbocycles. The van der Waals surface area contributed by atoms with Crippen molar-refractivity contribution in [2.24, 2.45) is 0 Å². The van der Waals surface area contributed by atoms with Gasteiger partial charge in [-0.1, -0.05) is 19.8 Å². The summed E-state index contributed by atoms with van der Waals surface area (Å²) in [6.45, 7) is 3.89. The molecule has 0 aromatic carbocycles. The first kappa shape index (κ1) is 10.8. The van der Waals surface area contributed by atoms with Crippen molar-refractivity contribution < 1.29 is 14.3 Å². The fourth-order valence-electron chi connectivity index (χ4n) is 0.826. The number of rotatable bonds is 5. The summed E-state index contributed by atoms with van der Waals surface area (Å²) in [5, 5.41) is 0. The number of hydrogen-bond acceptors (Lipinski definition) is 2. The minimum Gasteiger partial charge on any atom is -0.454 e. The maximum atomic E-state index is 10.7. The van der Waals surface area contributed by atoms with E-state index in [0.29, 0.717) is 0 Å². The van der Waals surface area contributed by atoms with Crippen LogP contribution in [0.3, 0.4) is 0 Å². The summed E-state index contributed by atoms with van der Waals surface area (Å²) >= 11 is 0. The normalized spacial score (nSPS) is 11.5. The molecular weight excluding hydrogens is 156 g/mol. The zero-order valence-corrected chi connectivity index (χ0v) is 7.49. The van der Waals surface area contributed by atoms with E-state index in [1.165, 1.54) is 0 Å². The molecule has 0 radical (unpaired) electrons. The van der Waals surface area contributed by atoms with Gasteiger partial charge in [-0.15, -0.1) is 0 Å². The van der Waals surface area contributed by atoms with E-state index < -0.39 is 5.97 Å². The van der Waals surface area contributed by atoms with Crippen LogP contribution in [-0.4, -0.2) is 23.1 Å². The van der Waals surface area contributed by atoms with E-state index in [0.717, 1.165) is 25.5 Å². The molecule has 0 saturated heterocycles. The number of esters is 1. The second-order valence-electron chi connectivity index (χ2n) is 2.63. The lowest BCUT2D eigenvalue weighted by Gasteiger charge is -2.08. The average molecular weight is 170 g/mol. The smallest absolute Gasteiger partial charge is 0.413 e. The van der Waals surface area contributed by atoms with Crippen molar-refractivity contribution in [3.8, 4) is 0 Å². The highest BCUT2D eigenvalue weighted by Crippen LogP contribution is 2.03. The highest BCUT2D eigenvalue weighted by atomic mass is 16.5. The Balaban J connectivity index is 3.60. The van der Waals surface area contributed by atoms with Gasteiger partial charge in [0.25, 0.3) is 0 Å². The monoisotopic (exact) mass is 170 g/mol. The first-order valence-electron chi connectivity index (χ1n) is 4.08. The Morgan fingerprint density at radius 3 is 2.92 bits per heavy atom. The SMILES string of the molecule is CCCCC(C)OC(=O)C=[N+]=[N-]. The molecule has 0 N–H and O–H groups in total. The highest BCUT2D eigenvalue weighted by Gasteiger charge is 2.08. The van der Waals surface area contributed by atoms with Crippen molar-refractivity contribution in [2.45, 2.75) is 39.2 Å². The number of nitrogens with zero attached hydrogens (tertiary/aromatic N) is 2. The third-order valence-electron chi connectivity index (χ3n) is 1.44. The fraction of sp³-hybridized carbons (Fsp3) is 0.750. The van der Waals surface area contributed by atoms with Gasteiger partial charge in [0.1, 0.15) is 0 Å². The Morgan fingerprint density at radius 1 is 1.75 bits per heavy atom. The maximum Gasteiger partial charge on any atom is 0.413 e. The Labute approximate surface area is 72.2 Å². The third-order valence-corrected chi connectivity index (χ3v) is 1.44. The molecule has 1 unspecified atom stereocenters. The number of carbonyl (C=O) groups excluding carboxylic acids is 1. The number of carbonyl (C=O) groups is 1. The average Bonchev–Trinajstić information content (AvgIpc) is 2.01. The van der Waals surface area contributed by atoms with Crippen LogP contribution in [-0.2, 0) is 9.53 Å². The van der Waals surface area contributed by atoms with E-state index in [1.54, 1.807) is 0 Å². The van der Waals surface area contributed by atoms with Gasteiger partial charge in [-0.3, -0.25) is 0 Å².